The Hall–Kier alpha value is -6.24. The third-order valence-corrected chi connectivity index (χ3v) is 14.5. The molecule has 0 spiro atoms. The predicted molar refractivity (Wildman–Crippen MR) is 253 cm³/mol. The maximum atomic E-state index is 2.56. The highest BCUT2D eigenvalue weighted by Gasteiger charge is 2.45. The molecule has 0 nitrogen and oxygen atoms in total. The highest BCUT2D eigenvalue weighted by Crippen LogP contribution is 2.63. The fraction of sp³-hybridized carbons (Fsp3) is 0.186. The molecule has 0 fully saturated rings. The van der Waals surface area contributed by atoms with Crippen molar-refractivity contribution in [3.05, 3.63) is 213 Å². The molecule has 0 radical (unpaired) electrons. The molecule has 0 unspecified atom stereocenters. The van der Waals surface area contributed by atoms with E-state index in [1.54, 1.807) is 0 Å². The van der Waals surface area contributed by atoms with Gasteiger partial charge in [0.1, 0.15) is 0 Å². The van der Waals surface area contributed by atoms with Gasteiger partial charge in [0, 0.05) is 16.2 Å². The van der Waals surface area contributed by atoms with Gasteiger partial charge in [-0.1, -0.05) is 187 Å². The van der Waals surface area contributed by atoms with E-state index < -0.39 is 0 Å². The summed E-state index contributed by atoms with van der Waals surface area (Å²) in [7, 11) is 0. The van der Waals surface area contributed by atoms with Gasteiger partial charge in [0.15, 0.2) is 0 Å². The van der Waals surface area contributed by atoms with Gasteiger partial charge in [-0.2, -0.15) is 0 Å². The molecule has 0 saturated heterocycles. The molecule has 286 valence electrons. The number of aryl methyl sites for hydroxylation is 2. The van der Waals surface area contributed by atoms with Gasteiger partial charge >= 0.3 is 0 Å². The van der Waals surface area contributed by atoms with Crippen LogP contribution >= 0.6 is 0 Å². The predicted octanol–water partition coefficient (Wildman–Crippen LogP) is 15.8. The summed E-state index contributed by atoms with van der Waals surface area (Å²) in [5.74, 6) is 0. The minimum absolute atomic E-state index is 0.146. The molecule has 0 bridgehead atoms. The summed E-state index contributed by atoms with van der Waals surface area (Å²) in [5.41, 5.74) is 23.8. The molecule has 0 saturated carbocycles. The highest BCUT2D eigenvalue weighted by molar-refractivity contribution is 6.29. The Kier molecular flexibility index (Phi) is 7.53. The number of fused-ring (bicyclic) bond motifs is 10. The Morgan fingerprint density at radius 1 is 0.305 bits per heavy atom. The van der Waals surface area contributed by atoms with Crippen LogP contribution in [-0.4, -0.2) is 0 Å². The van der Waals surface area contributed by atoms with Crippen LogP contribution in [0.1, 0.15) is 97.2 Å². The molecule has 59 heavy (non-hydrogen) atoms. The van der Waals surface area contributed by atoms with Crippen LogP contribution in [0.3, 0.4) is 0 Å². The van der Waals surface area contributed by atoms with Crippen LogP contribution < -0.4 is 0 Å². The van der Waals surface area contributed by atoms with Crippen LogP contribution in [0.4, 0.5) is 0 Å². The monoisotopic (exact) mass is 758 g/mol. The number of benzene rings is 8. The van der Waals surface area contributed by atoms with Crippen molar-refractivity contribution >= 4 is 43.8 Å². The minimum atomic E-state index is -0.337. The zero-order chi connectivity index (χ0) is 40.6. The maximum absolute atomic E-state index is 2.56. The zero-order valence-electron chi connectivity index (χ0n) is 35.5. The third-order valence-electron chi connectivity index (χ3n) is 14.5. The first-order valence-electron chi connectivity index (χ1n) is 21.4. The van der Waals surface area contributed by atoms with Crippen molar-refractivity contribution < 1.29 is 0 Å². The van der Waals surface area contributed by atoms with Crippen molar-refractivity contribution in [1.82, 2.24) is 0 Å². The lowest BCUT2D eigenvalue weighted by Gasteiger charge is -2.31. The van der Waals surface area contributed by atoms with Crippen molar-refractivity contribution in [3.63, 3.8) is 0 Å². The third kappa shape index (κ3) is 4.90. The molecular weight excluding hydrogens is 709 g/mol. The van der Waals surface area contributed by atoms with Gasteiger partial charge in [0.25, 0.3) is 0 Å². The normalized spacial score (nSPS) is 16.7. The van der Waals surface area contributed by atoms with Crippen LogP contribution in [0.25, 0.3) is 66.1 Å². The van der Waals surface area contributed by atoms with Gasteiger partial charge < -0.3 is 0 Å². The number of rotatable bonds is 4. The quantitative estimate of drug-likeness (QED) is 0.168. The summed E-state index contributed by atoms with van der Waals surface area (Å²) < 4.78 is 0. The largest absolute Gasteiger partial charge is 0.0622 e. The Morgan fingerprint density at radius 3 is 1.05 bits per heavy atom. The summed E-state index contributed by atoms with van der Waals surface area (Å²) in [4.78, 5) is 0. The van der Waals surface area contributed by atoms with Crippen molar-refractivity contribution in [2.75, 3.05) is 0 Å². The van der Waals surface area contributed by atoms with E-state index in [1.807, 2.05) is 0 Å². The summed E-state index contributed by atoms with van der Waals surface area (Å²) in [6.45, 7) is 19.2. The second kappa shape index (κ2) is 12.4. The SMILES string of the molecule is Cc1cc2c(c3ccccc13)-c1ccc(C3=C(c4ccccc4)C(c4ccccc4)=C(c4ccc5c(c4)C(C)(C)c4cc(C)c6ccccc6c4-5)C3(C)C)cc1C2(C)C. The van der Waals surface area contributed by atoms with Gasteiger partial charge in [-0.05, 0) is 148 Å². The molecule has 8 aromatic carbocycles. The molecule has 0 heteroatoms. The fourth-order valence-corrected chi connectivity index (χ4v) is 11.6. The molecule has 0 heterocycles. The summed E-state index contributed by atoms with van der Waals surface area (Å²) in [5, 5.41) is 5.39. The average molecular weight is 759 g/mol. The minimum Gasteiger partial charge on any atom is -0.0622 e. The van der Waals surface area contributed by atoms with E-state index in [0.29, 0.717) is 0 Å². The number of hydrogen-bond donors (Lipinski definition) is 0. The van der Waals surface area contributed by atoms with Gasteiger partial charge in [-0.3, -0.25) is 0 Å². The summed E-state index contributed by atoms with van der Waals surface area (Å²) >= 11 is 0. The molecule has 0 aliphatic heterocycles. The Bertz CT molecular complexity index is 2950. The molecule has 0 aromatic heterocycles. The van der Waals surface area contributed by atoms with E-state index in [4.69, 9.17) is 0 Å². The van der Waals surface area contributed by atoms with Crippen molar-refractivity contribution in [3.8, 4) is 22.3 Å². The molecule has 0 atom stereocenters. The molecular formula is C59H50. The summed E-state index contributed by atoms with van der Waals surface area (Å²) in [6.07, 6.45) is 0. The van der Waals surface area contributed by atoms with Crippen LogP contribution in [0.15, 0.2) is 158 Å². The first-order valence-corrected chi connectivity index (χ1v) is 21.4. The molecule has 11 rings (SSSR count). The van der Waals surface area contributed by atoms with E-state index in [2.05, 4.69) is 213 Å². The fourth-order valence-electron chi connectivity index (χ4n) is 11.6. The van der Waals surface area contributed by atoms with Gasteiger partial charge in [-0.15, -0.1) is 0 Å². The lowest BCUT2D eigenvalue weighted by atomic mass is 9.72. The molecule has 0 amide bonds. The van der Waals surface area contributed by atoms with E-state index in [1.165, 1.54) is 122 Å². The molecule has 8 aromatic rings. The smallest absolute Gasteiger partial charge is 0.0171 e. The van der Waals surface area contributed by atoms with Crippen LogP contribution in [0, 0.1) is 19.3 Å². The van der Waals surface area contributed by atoms with E-state index in [-0.39, 0.29) is 16.2 Å². The van der Waals surface area contributed by atoms with Crippen LogP contribution in [-0.2, 0) is 10.8 Å². The van der Waals surface area contributed by atoms with E-state index in [9.17, 15) is 0 Å². The lowest BCUT2D eigenvalue weighted by molar-refractivity contribution is 0.655. The van der Waals surface area contributed by atoms with Crippen LogP contribution in [0.5, 0.6) is 0 Å². The zero-order valence-corrected chi connectivity index (χ0v) is 35.5. The highest BCUT2D eigenvalue weighted by atomic mass is 14.5. The first kappa shape index (κ1) is 35.9. The van der Waals surface area contributed by atoms with E-state index in [0.717, 1.165) is 0 Å². The molecule has 0 N–H and O–H groups in total. The number of allylic oxidation sites excluding steroid dienone is 4. The Morgan fingerprint density at radius 2 is 0.661 bits per heavy atom. The topological polar surface area (TPSA) is 0 Å². The summed E-state index contributed by atoms with van der Waals surface area (Å²) in [6, 6.07) is 60.0. The Labute approximate surface area is 349 Å². The van der Waals surface area contributed by atoms with Crippen molar-refractivity contribution in [1.29, 1.82) is 0 Å². The number of hydrogen-bond acceptors (Lipinski definition) is 0. The van der Waals surface area contributed by atoms with Crippen molar-refractivity contribution in [2.45, 2.75) is 66.2 Å². The lowest BCUT2D eigenvalue weighted by Crippen LogP contribution is -2.18. The molecule has 3 aliphatic carbocycles. The van der Waals surface area contributed by atoms with Gasteiger partial charge in [0.05, 0.1) is 0 Å². The maximum Gasteiger partial charge on any atom is 0.0171 e. The second-order valence-corrected chi connectivity index (χ2v) is 19.0. The standard InChI is InChI=1S/C59H50/c1-35-31-49-53(43-25-17-15-23-41(35)43)45-29-27-39(33-47(45)57(49,3)4)55-51(37-19-11-9-12-20-37)52(38-21-13-10-14-22-38)56(59(55,7)8)40-28-30-46-48(34-40)58(5,6)50-32-36(2)42-24-16-18-26-44(42)54(46)50/h9-34H,1-8H3. The first-order chi connectivity index (χ1) is 28.4. The second-order valence-electron chi connectivity index (χ2n) is 19.0. The average Bonchev–Trinajstić information content (AvgIpc) is 3.73. The molecule has 3 aliphatic rings. The van der Waals surface area contributed by atoms with Crippen LogP contribution in [0.2, 0.25) is 0 Å². The van der Waals surface area contributed by atoms with Gasteiger partial charge in [0.2, 0.25) is 0 Å². The Balaban J connectivity index is 1.16. The van der Waals surface area contributed by atoms with Gasteiger partial charge in [-0.25, -0.2) is 0 Å². The van der Waals surface area contributed by atoms with Crippen molar-refractivity contribution in [2.24, 2.45) is 5.41 Å². The van der Waals surface area contributed by atoms with E-state index >= 15 is 0 Å².